The fourth-order valence-electron chi connectivity index (χ4n) is 0.365. The van der Waals surface area contributed by atoms with E-state index in [0.29, 0.717) is 19.3 Å². The Balaban J connectivity index is 2.97. The predicted octanol–water partition coefficient (Wildman–Crippen LogP) is 0.275. The molecule has 0 rings (SSSR count). The van der Waals surface area contributed by atoms with Crippen molar-refractivity contribution < 1.29 is 4.79 Å². The van der Waals surface area contributed by atoms with Gasteiger partial charge in [-0.05, 0) is 6.42 Å². The standard InChI is InChI=1S/C6H9NO/c1-2-3-4-5-6(7)8/h1H,3-5H2,(H2,7,8). The molecule has 0 saturated heterocycles. The lowest BCUT2D eigenvalue weighted by Crippen LogP contribution is -2.09. The second-order valence-electron chi connectivity index (χ2n) is 1.52. The Bertz CT molecular complexity index is 112. The van der Waals surface area contributed by atoms with Crippen LogP contribution in [-0.4, -0.2) is 5.91 Å². The highest BCUT2D eigenvalue weighted by Crippen LogP contribution is 1.90. The number of unbranched alkanes of at least 4 members (excludes halogenated alkanes) is 1. The molecule has 0 aromatic rings. The lowest BCUT2D eigenvalue weighted by Gasteiger charge is -1.86. The van der Waals surface area contributed by atoms with Crippen LogP contribution in [0.1, 0.15) is 19.3 Å². The zero-order valence-corrected chi connectivity index (χ0v) is 4.68. The van der Waals surface area contributed by atoms with Crippen LogP contribution in [-0.2, 0) is 4.79 Å². The molecule has 0 aromatic heterocycles. The SMILES string of the molecule is C#CCCCC(N)=O. The Hall–Kier alpha value is -0.970. The molecule has 1 amide bonds. The molecule has 2 N–H and O–H groups in total. The zero-order valence-electron chi connectivity index (χ0n) is 4.68. The van der Waals surface area contributed by atoms with Gasteiger partial charge in [-0.25, -0.2) is 0 Å². The average Bonchev–Trinajstić information content (AvgIpc) is 1.66. The average molecular weight is 111 g/mol. The summed E-state index contributed by atoms with van der Waals surface area (Å²) in [5, 5.41) is 0. The van der Waals surface area contributed by atoms with Crippen molar-refractivity contribution in [1.29, 1.82) is 0 Å². The summed E-state index contributed by atoms with van der Waals surface area (Å²) in [5.74, 6) is 2.14. The molecule has 2 heteroatoms. The summed E-state index contributed by atoms with van der Waals surface area (Å²) in [4.78, 5) is 10.0. The van der Waals surface area contributed by atoms with Crippen LogP contribution in [0.3, 0.4) is 0 Å². The highest BCUT2D eigenvalue weighted by molar-refractivity contribution is 5.73. The Morgan fingerprint density at radius 1 is 1.75 bits per heavy atom. The third-order valence-electron chi connectivity index (χ3n) is 0.744. The van der Waals surface area contributed by atoms with Crippen molar-refractivity contribution in [3.05, 3.63) is 0 Å². The molecule has 0 atom stereocenters. The molecule has 0 unspecified atom stereocenters. The first-order valence-electron chi connectivity index (χ1n) is 2.49. The largest absolute Gasteiger partial charge is 0.370 e. The molecule has 44 valence electrons. The molecule has 0 heterocycles. The number of carbonyl (C=O) groups is 1. The molecule has 0 radical (unpaired) electrons. The van der Waals surface area contributed by atoms with E-state index in [1.165, 1.54) is 0 Å². The van der Waals surface area contributed by atoms with E-state index in [0.717, 1.165) is 0 Å². The first-order chi connectivity index (χ1) is 3.77. The van der Waals surface area contributed by atoms with Gasteiger partial charge in [-0.2, -0.15) is 0 Å². The number of amides is 1. The van der Waals surface area contributed by atoms with E-state index in [9.17, 15) is 4.79 Å². The van der Waals surface area contributed by atoms with E-state index < -0.39 is 0 Å². The maximum atomic E-state index is 10.0. The van der Waals surface area contributed by atoms with E-state index in [2.05, 4.69) is 5.92 Å². The molecule has 0 saturated carbocycles. The summed E-state index contributed by atoms with van der Waals surface area (Å²) in [7, 11) is 0. The molecule has 0 spiro atoms. The molecule has 8 heavy (non-hydrogen) atoms. The molecule has 0 aliphatic heterocycles. The lowest BCUT2D eigenvalue weighted by atomic mass is 10.2. The quantitative estimate of drug-likeness (QED) is 0.412. The zero-order chi connectivity index (χ0) is 6.41. The summed E-state index contributed by atoms with van der Waals surface area (Å²) in [6.07, 6.45) is 6.68. The monoisotopic (exact) mass is 111 g/mol. The van der Waals surface area contributed by atoms with E-state index in [1.807, 2.05) is 0 Å². The highest BCUT2D eigenvalue weighted by Gasteiger charge is 1.89. The van der Waals surface area contributed by atoms with Gasteiger partial charge in [-0.15, -0.1) is 12.3 Å². The van der Waals surface area contributed by atoms with Crippen molar-refractivity contribution >= 4 is 5.91 Å². The van der Waals surface area contributed by atoms with Crippen LogP contribution >= 0.6 is 0 Å². The number of terminal acetylenes is 1. The topological polar surface area (TPSA) is 43.1 Å². The van der Waals surface area contributed by atoms with E-state index in [-0.39, 0.29) is 5.91 Å². The Morgan fingerprint density at radius 2 is 2.38 bits per heavy atom. The van der Waals surface area contributed by atoms with Crippen LogP contribution in [0.2, 0.25) is 0 Å². The predicted molar refractivity (Wildman–Crippen MR) is 31.9 cm³/mol. The van der Waals surface area contributed by atoms with E-state index in [1.54, 1.807) is 0 Å². The number of carbonyl (C=O) groups excluding carboxylic acids is 1. The van der Waals surface area contributed by atoms with E-state index >= 15 is 0 Å². The van der Waals surface area contributed by atoms with Gasteiger partial charge in [0, 0.05) is 12.8 Å². The number of hydrogen-bond acceptors (Lipinski definition) is 1. The van der Waals surface area contributed by atoms with Gasteiger partial charge in [0.15, 0.2) is 0 Å². The van der Waals surface area contributed by atoms with Crippen LogP contribution < -0.4 is 5.73 Å². The second-order valence-corrected chi connectivity index (χ2v) is 1.52. The third kappa shape index (κ3) is 5.03. The van der Waals surface area contributed by atoms with Crippen LogP contribution in [0.25, 0.3) is 0 Å². The number of hydrogen-bond donors (Lipinski definition) is 1. The van der Waals surface area contributed by atoms with Gasteiger partial charge >= 0.3 is 0 Å². The fourth-order valence-corrected chi connectivity index (χ4v) is 0.365. The lowest BCUT2D eigenvalue weighted by molar-refractivity contribution is -0.118. The maximum absolute atomic E-state index is 10.0. The summed E-state index contributed by atoms with van der Waals surface area (Å²) in [6.45, 7) is 0. The highest BCUT2D eigenvalue weighted by atomic mass is 16.1. The van der Waals surface area contributed by atoms with Gasteiger partial charge < -0.3 is 5.73 Å². The molecule has 0 aliphatic rings. The van der Waals surface area contributed by atoms with Crippen LogP contribution in [0.4, 0.5) is 0 Å². The summed E-state index contributed by atoms with van der Waals surface area (Å²) in [6, 6.07) is 0. The van der Waals surface area contributed by atoms with Gasteiger partial charge in [0.05, 0.1) is 0 Å². The summed E-state index contributed by atoms with van der Waals surface area (Å²) >= 11 is 0. The molecule has 0 fully saturated rings. The maximum Gasteiger partial charge on any atom is 0.217 e. The van der Waals surface area contributed by atoms with Crippen molar-refractivity contribution in [2.45, 2.75) is 19.3 Å². The van der Waals surface area contributed by atoms with Gasteiger partial charge in [0.2, 0.25) is 5.91 Å². The molecule has 0 aliphatic carbocycles. The number of nitrogens with two attached hydrogens (primary N) is 1. The van der Waals surface area contributed by atoms with E-state index in [4.69, 9.17) is 12.2 Å². The Kier molecular flexibility index (Phi) is 3.69. The molecule has 0 bridgehead atoms. The minimum Gasteiger partial charge on any atom is -0.370 e. The minimum absolute atomic E-state index is 0.278. The normalized spacial score (nSPS) is 7.88. The molecule has 0 aromatic carbocycles. The van der Waals surface area contributed by atoms with Gasteiger partial charge in [-0.1, -0.05) is 0 Å². The fraction of sp³-hybridized carbons (Fsp3) is 0.500. The van der Waals surface area contributed by atoms with Crippen molar-refractivity contribution in [3.8, 4) is 12.3 Å². The summed E-state index contributed by atoms with van der Waals surface area (Å²) in [5.41, 5.74) is 4.83. The van der Waals surface area contributed by atoms with Crippen LogP contribution in [0.15, 0.2) is 0 Å². The molecular formula is C6H9NO. The van der Waals surface area contributed by atoms with Gasteiger partial charge in [0.1, 0.15) is 0 Å². The first kappa shape index (κ1) is 7.03. The van der Waals surface area contributed by atoms with Crippen LogP contribution in [0.5, 0.6) is 0 Å². The van der Waals surface area contributed by atoms with Crippen LogP contribution in [0, 0.1) is 12.3 Å². The molecular weight excluding hydrogens is 102 g/mol. The second kappa shape index (κ2) is 4.20. The first-order valence-corrected chi connectivity index (χ1v) is 2.49. The van der Waals surface area contributed by atoms with Crippen molar-refractivity contribution in [2.75, 3.05) is 0 Å². The van der Waals surface area contributed by atoms with Crippen molar-refractivity contribution in [2.24, 2.45) is 5.73 Å². The molecule has 2 nitrogen and oxygen atoms in total. The Morgan fingerprint density at radius 3 is 2.75 bits per heavy atom. The van der Waals surface area contributed by atoms with Crippen molar-refractivity contribution in [3.63, 3.8) is 0 Å². The van der Waals surface area contributed by atoms with Crippen molar-refractivity contribution in [1.82, 2.24) is 0 Å². The minimum atomic E-state index is -0.278. The smallest absolute Gasteiger partial charge is 0.217 e. The number of primary amides is 1. The number of rotatable bonds is 3. The Labute approximate surface area is 49.1 Å². The third-order valence-corrected chi connectivity index (χ3v) is 0.744. The summed E-state index contributed by atoms with van der Waals surface area (Å²) < 4.78 is 0. The van der Waals surface area contributed by atoms with Gasteiger partial charge in [0.25, 0.3) is 0 Å². The van der Waals surface area contributed by atoms with Gasteiger partial charge in [-0.3, -0.25) is 4.79 Å².